The van der Waals surface area contributed by atoms with E-state index >= 15 is 0 Å². The summed E-state index contributed by atoms with van der Waals surface area (Å²) in [6.45, 7) is 0.407. The highest BCUT2D eigenvalue weighted by atomic mass is 32.2. The van der Waals surface area contributed by atoms with Crippen molar-refractivity contribution in [3.8, 4) is 0 Å². The first-order chi connectivity index (χ1) is 10.2. The summed E-state index contributed by atoms with van der Waals surface area (Å²) in [5.74, 6) is 0.843. The first-order valence-electron chi connectivity index (χ1n) is 7.07. The highest BCUT2D eigenvalue weighted by Crippen LogP contribution is 2.37. The van der Waals surface area contributed by atoms with Crippen LogP contribution in [0, 0.1) is 0 Å². The van der Waals surface area contributed by atoms with Crippen molar-refractivity contribution in [3.63, 3.8) is 0 Å². The number of fused-ring (bicyclic) bond motifs is 1. The molecular formula is C16H18N2O2S. The topological polar surface area (TPSA) is 44.1 Å². The molecule has 4 nitrogen and oxygen atoms in total. The summed E-state index contributed by atoms with van der Waals surface area (Å²) in [6.07, 6.45) is 5.48. The van der Waals surface area contributed by atoms with Crippen LogP contribution in [-0.2, 0) is 29.4 Å². The number of esters is 1. The van der Waals surface area contributed by atoms with Gasteiger partial charge in [-0.2, -0.15) is 5.10 Å². The van der Waals surface area contributed by atoms with E-state index in [1.165, 1.54) is 5.56 Å². The van der Waals surface area contributed by atoms with Crippen molar-refractivity contribution >= 4 is 17.7 Å². The average Bonchev–Trinajstić information content (AvgIpc) is 2.92. The van der Waals surface area contributed by atoms with E-state index < -0.39 is 0 Å². The minimum absolute atomic E-state index is 0.129. The molecule has 1 aliphatic rings. The van der Waals surface area contributed by atoms with E-state index in [4.69, 9.17) is 4.74 Å². The van der Waals surface area contributed by atoms with Crippen LogP contribution in [0.4, 0.5) is 0 Å². The SMILES string of the molecule is Cn1cc(CCOC(=O)[C@H]2SCCc3ccccc32)cn1. The van der Waals surface area contributed by atoms with Gasteiger partial charge in [-0.3, -0.25) is 9.48 Å². The standard InChI is InChI=1S/C16H18N2O2S/c1-18-11-12(10-17-18)6-8-20-16(19)15-14-5-3-2-4-13(14)7-9-21-15/h2-5,10-11,15H,6-9H2,1H3/t15-/m0/s1. The smallest absolute Gasteiger partial charge is 0.323 e. The maximum Gasteiger partial charge on any atom is 0.323 e. The number of thioether (sulfide) groups is 1. The molecule has 0 amide bonds. The Balaban J connectivity index is 1.59. The number of aromatic nitrogens is 2. The van der Waals surface area contributed by atoms with Crippen molar-refractivity contribution in [1.82, 2.24) is 9.78 Å². The Morgan fingerprint density at radius 1 is 1.48 bits per heavy atom. The molecule has 3 rings (SSSR count). The van der Waals surface area contributed by atoms with Gasteiger partial charge in [-0.15, -0.1) is 11.8 Å². The first kappa shape index (κ1) is 14.2. The molecule has 1 atom stereocenters. The molecule has 2 heterocycles. The van der Waals surface area contributed by atoms with Crippen molar-refractivity contribution in [2.24, 2.45) is 7.05 Å². The number of carbonyl (C=O) groups excluding carboxylic acids is 1. The van der Waals surface area contributed by atoms with Crippen molar-refractivity contribution in [1.29, 1.82) is 0 Å². The number of aryl methyl sites for hydroxylation is 2. The molecule has 0 saturated carbocycles. The second-order valence-electron chi connectivity index (χ2n) is 5.14. The van der Waals surface area contributed by atoms with Gasteiger partial charge in [0.05, 0.1) is 12.8 Å². The molecule has 21 heavy (non-hydrogen) atoms. The lowest BCUT2D eigenvalue weighted by atomic mass is 10.0. The molecular weight excluding hydrogens is 284 g/mol. The molecule has 0 bridgehead atoms. The molecule has 0 radical (unpaired) electrons. The van der Waals surface area contributed by atoms with Crippen LogP contribution in [-0.4, -0.2) is 28.1 Å². The molecule has 1 aromatic carbocycles. The third-order valence-electron chi connectivity index (χ3n) is 3.60. The Labute approximate surface area is 128 Å². The minimum atomic E-state index is -0.177. The zero-order chi connectivity index (χ0) is 14.7. The van der Waals surface area contributed by atoms with Crippen LogP contribution < -0.4 is 0 Å². The molecule has 2 aromatic rings. The van der Waals surface area contributed by atoms with Crippen molar-refractivity contribution in [2.75, 3.05) is 12.4 Å². The lowest BCUT2D eigenvalue weighted by Gasteiger charge is -2.23. The van der Waals surface area contributed by atoms with E-state index in [1.54, 1.807) is 22.6 Å². The Bertz CT molecular complexity index is 639. The van der Waals surface area contributed by atoms with Crippen molar-refractivity contribution < 1.29 is 9.53 Å². The van der Waals surface area contributed by atoms with Gasteiger partial charge in [0.1, 0.15) is 5.25 Å². The van der Waals surface area contributed by atoms with Crippen LogP contribution in [0.25, 0.3) is 0 Å². The van der Waals surface area contributed by atoms with Gasteiger partial charge in [0.15, 0.2) is 0 Å². The number of ether oxygens (including phenoxy) is 1. The van der Waals surface area contributed by atoms with Crippen LogP contribution in [0.5, 0.6) is 0 Å². The van der Waals surface area contributed by atoms with Gasteiger partial charge < -0.3 is 4.74 Å². The zero-order valence-corrected chi connectivity index (χ0v) is 12.8. The maximum atomic E-state index is 12.3. The first-order valence-corrected chi connectivity index (χ1v) is 8.12. The molecule has 1 aromatic heterocycles. The number of rotatable bonds is 4. The Kier molecular flexibility index (Phi) is 4.29. The second kappa shape index (κ2) is 6.35. The van der Waals surface area contributed by atoms with E-state index in [0.29, 0.717) is 13.0 Å². The fraction of sp³-hybridized carbons (Fsp3) is 0.375. The normalized spacial score (nSPS) is 17.3. The molecule has 0 fully saturated rings. The van der Waals surface area contributed by atoms with Gasteiger partial charge in [-0.25, -0.2) is 0 Å². The fourth-order valence-corrected chi connectivity index (χ4v) is 3.72. The van der Waals surface area contributed by atoms with Gasteiger partial charge in [-0.05, 0) is 28.9 Å². The average molecular weight is 302 g/mol. The molecule has 110 valence electrons. The van der Waals surface area contributed by atoms with Crippen LogP contribution in [0.2, 0.25) is 0 Å². The highest BCUT2D eigenvalue weighted by Gasteiger charge is 2.27. The molecule has 5 heteroatoms. The van der Waals surface area contributed by atoms with Crippen molar-refractivity contribution in [3.05, 3.63) is 53.3 Å². The summed E-state index contributed by atoms with van der Waals surface area (Å²) in [7, 11) is 1.88. The summed E-state index contributed by atoms with van der Waals surface area (Å²) in [5.41, 5.74) is 3.47. The number of carbonyl (C=O) groups is 1. The Morgan fingerprint density at radius 3 is 3.14 bits per heavy atom. The summed E-state index contributed by atoms with van der Waals surface area (Å²) in [4.78, 5) is 12.3. The highest BCUT2D eigenvalue weighted by molar-refractivity contribution is 8.00. The quantitative estimate of drug-likeness (QED) is 0.814. The Hall–Kier alpha value is -1.75. The number of nitrogens with zero attached hydrogens (tertiary/aromatic N) is 2. The van der Waals surface area contributed by atoms with E-state index in [2.05, 4.69) is 11.2 Å². The number of hydrogen-bond acceptors (Lipinski definition) is 4. The molecule has 0 saturated heterocycles. The van der Waals surface area contributed by atoms with Crippen LogP contribution in [0.15, 0.2) is 36.7 Å². The van der Waals surface area contributed by atoms with Gasteiger partial charge in [0.2, 0.25) is 0 Å². The zero-order valence-electron chi connectivity index (χ0n) is 12.0. The van der Waals surface area contributed by atoms with Gasteiger partial charge >= 0.3 is 5.97 Å². The summed E-state index contributed by atoms with van der Waals surface area (Å²) in [5, 5.41) is 3.93. The summed E-state index contributed by atoms with van der Waals surface area (Å²) in [6, 6.07) is 8.15. The third-order valence-corrected chi connectivity index (χ3v) is 4.82. The minimum Gasteiger partial charge on any atom is -0.464 e. The van der Waals surface area contributed by atoms with Crippen LogP contribution in [0.1, 0.15) is 21.9 Å². The predicted octanol–water partition coefficient (Wildman–Crippen LogP) is 2.54. The predicted molar refractivity (Wildman–Crippen MR) is 83.2 cm³/mol. The largest absolute Gasteiger partial charge is 0.464 e. The fourth-order valence-electron chi connectivity index (χ4n) is 2.54. The van der Waals surface area contributed by atoms with Crippen LogP contribution >= 0.6 is 11.8 Å². The lowest BCUT2D eigenvalue weighted by Crippen LogP contribution is -2.19. The summed E-state index contributed by atoms with van der Waals surface area (Å²) < 4.78 is 7.21. The van der Waals surface area contributed by atoms with E-state index in [0.717, 1.165) is 23.3 Å². The number of hydrogen-bond donors (Lipinski definition) is 0. The van der Waals surface area contributed by atoms with Crippen LogP contribution in [0.3, 0.4) is 0 Å². The van der Waals surface area contributed by atoms with Gasteiger partial charge in [0, 0.05) is 19.7 Å². The molecule has 0 N–H and O–H groups in total. The lowest BCUT2D eigenvalue weighted by molar-refractivity contribution is -0.143. The van der Waals surface area contributed by atoms with E-state index in [9.17, 15) is 4.79 Å². The second-order valence-corrected chi connectivity index (χ2v) is 6.35. The molecule has 0 unspecified atom stereocenters. The van der Waals surface area contributed by atoms with E-state index in [-0.39, 0.29) is 11.2 Å². The Morgan fingerprint density at radius 2 is 2.33 bits per heavy atom. The molecule has 0 spiro atoms. The summed E-state index contributed by atoms with van der Waals surface area (Å²) >= 11 is 1.67. The maximum absolute atomic E-state index is 12.3. The third kappa shape index (κ3) is 3.29. The molecule has 1 aliphatic heterocycles. The monoisotopic (exact) mass is 302 g/mol. The van der Waals surface area contributed by atoms with Gasteiger partial charge in [0.25, 0.3) is 0 Å². The van der Waals surface area contributed by atoms with Crippen molar-refractivity contribution in [2.45, 2.75) is 18.1 Å². The van der Waals surface area contributed by atoms with Gasteiger partial charge in [-0.1, -0.05) is 24.3 Å². The van der Waals surface area contributed by atoms with E-state index in [1.807, 2.05) is 31.4 Å². The number of benzene rings is 1. The molecule has 0 aliphatic carbocycles.